The molecule has 38 heavy (non-hydrogen) atoms. The molecule has 0 aliphatic carbocycles. The van der Waals surface area contributed by atoms with Crippen LogP contribution in [0.1, 0.15) is 18.1 Å². The molecular weight excluding hydrogens is 502 g/mol. The molecule has 196 valence electrons. The Morgan fingerprint density at radius 1 is 1.00 bits per heavy atom. The third-order valence-electron chi connectivity index (χ3n) is 5.52. The molecule has 0 radical (unpaired) electrons. The van der Waals surface area contributed by atoms with Gasteiger partial charge in [-0.1, -0.05) is 54.2 Å². The molecule has 4 aromatic rings. The second-order valence-corrected chi connectivity index (χ2v) is 8.99. The molecule has 0 saturated carbocycles. The van der Waals surface area contributed by atoms with Crippen LogP contribution in [0.15, 0.2) is 83.1 Å². The third-order valence-corrected chi connectivity index (χ3v) is 6.48. The van der Waals surface area contributed by atoms with Gasteiger partial charge in [0.2, 0.25) is 0 Å². The third kappa shape index (κ3) is 6.92. The average molecular weight is 532 g/mol. The summed E-state index contributed by atoms with van der Waals surface area (Å²) in [4.78, 5) is 12.4. The number of hydrazone groups is 1. The molecule has 1 N–H and O–H groups in total. The van der Waals surface area contributed by atoms with Crippen molar-refractivity contribution >= 4 is 23.9 Å². The van der Waals surface area contributed by atoms with Crippen molar-refractivity contribution < 1.29 is 19.0 Å². The highest BCUT2D eigenvalue weighted by Crippen LogP contribution is 2.32. The van der Waals surface area contributed by atoms with Gasteiger partial charge in [-0.25, -0.2) is 5.43 Å². The SMILES string of the molecule is CCn1c(SCC(=O)NN=Cc2cccc(OCc3ccccc3)c2)nnc1-c1ccc(OC)c(OC)c1. The van der Waals surface area contributed by atoms with Crippen LogP contribution >= 0.6 is 11.8 Å². The molecule has 0 aliphatic heterocycles. The van der Waals surface area contributed by atoms with Crippen molar-refractivity contribution in [1.29, 1.82) is 0 Å². The van der Waals surface area contributed by atoms with E-state index in [2.05, 4.69) is 20.7 Å². The number of aromatic nitrogens is 3. The number of hydrogen-bond acceptors (Lipinski definition) is 8. The molecule has 1 heterocycles. The number of thioether (sulfide) groups is 1. The van der Waals surface area contributed by atoms with Gasteiger partial charge in [0.1, 0.15) is 12.4 Å². The fourth-order valence-corrected chi connectivity index (χ4v) is 4.43. The first kappa shape index (κ1) is 26.7. The predicted octanol–water partition coefficient (Wildman–Crippen LogP) is 4.80. The molecule has 0 unspecified atom stereocenters. The molecule has 0 spiro atoms. The van der Waals surface area contributed by atoms with Crippen molar-refractivity contribution in [1.82, 2.24) is 20.2 Å². The minimum atomic E-state index is -0.249. The number of carbonyl (C=O) groups is 1. The van der Waals surface area contributed by atoms with E-state index in [0.29, 0.717) is 35.6 Å². The zero-order valence-electron chi connectivity index (χ0n) is 21.5. The van der Waals surface area contributed by atoms with E-state index in [9.17, 15) is 4.79 Å². The molecule has 0 aliphatic rings. The van der Waals surface area contributed by atoms with Gasteiger partial charge in [0.25, 0.3) is 5.91 Å². The Bertz CT molecular complexity index is 1390. The Balaban J connectivity index is 1.32. The highest BCUT2D eigenvalue weighted by molar-refractivity contribution is 7.99. The predicted molar refractivity (Wildman–Crippen MR) is 148 cm³/mol. The van der Waals surface area contributed by atoms with Gasteiger partial charge < -0.3 is 18.8 Å². The molecular formula is C28H29N5O4S. The normalized spacial score (nSPS) is 10.9. The van der Waals surface area contributed by atoms with Crippen LogP contribution in [-0.4, -0.2) is 46.9 Å². The number of methoxy groups -OCH3 is 2. The summed E-state index contributed by atoms with van der Waals surface area (Å²) in [6.07, 6.45) is 1.58. The van der Waals surface area contributed by atoms with Gasteiger partial charge >= 0.3 is 0 Å². The number of hydrogen-bond donors (Lipinski definition) is 1. The zero-order valence-corrected chi connectivity index (χ0v) is 22.3. The lowest BCUT2D eigenvalue weighted by molar-refractivity contribution is -0.118. The Hall–Kier alpha value is -4.31. The van der Waals surface area contributed by atoms with E-state index in [1.165, 1.54) is 11.8 Å². The maximum Gasteiger partial charge on any atom is 0.250 e. The first-order chi connectivity index (χ1) is 18.6. The second-order valence-electron chi connectivity index (χ2n) is 8.05. The molecule has 0 bridgehead atoms. The molecule has 1 aromatic heterocycles. The molecule has 4 rings (SSSR count). The van der Waals surface area contributed by atoms with Crippen molar-refractivity contribution in [3.05, 3.63) is 83.9 Å². The summed E-state index contributed by atoms with van der Waals surface area (Å²) in [5.74, 6) is 2.54. The van der Waals surface area contributed by atoms with Crippen molar-refractivity contribution in [3.8, 4) is 28.6 Å². The van der Waals surface area contributed by atoms with Crippen LogP contribution in [-0.2, 0) is 17.9 Å². The van der Waals surface area contributed by atoms with Crippen molar-refractivity contribution in [3.63, 3.8) is 0 Å². The lowest BCUT2D eigenvalue weighted by atomic mass is 10.2. The quantitative estimate of drug-likeness (QED) is 0.159. The summed E-state index contributed by atoms with van der Waals surface area (Å²) in [7, 11) is 3.18. The lowest BCUT2D eigenvalue weighted by Gasteiger charge is -2.10. The summed E-state index contributed by atoms with van der Waals surface area (Å²) >= 11 is 1.29. The Labute approximate surface area is 225 Å². The van der Waals surface area contributed by atoms with Crippen LogP contribution in [0.2, 0.25) is 0 Å². The van der Waals surface area contributed by atoms with Crippen molar-refractivity contribution in [2.75, 3.05) is 20.0 Å². The van der Waals surface area contributed by atoms with Gasteiger partial charge in [0.15, 0.2) is 22.5 Å². The maximum atomic E-state index is 12.4. The molecule has 3 aromatic carbocycles. The van der Waals surface area contributed by atoms with Crippen LogP contribution in [0, 0.1) is 0 Å². The van der Waals surface area contributed by atoms with Crippen LogP contribution < -0.4 is 19.6 Å². The van der Waals surface area contributed by atoms with Gasteiger partial charge in [-0.15, -0.1) is 10.2 Å². The van der Waals surface area contributed by atoms with Gasteiger partial charge in [-0.2, -0.15) is 5.10 Å². The second kappa shape index (κ2) is 13.3. The average Bonchev–Trinajstić information content (AvgIpc) is 3.38. The number of ether oxygens (including phenoxy) is 3. The van der Waals surface area contributed by atoms with E-state index >= 15 is 0 Å². The summed E-state index contributed by atoms with van der Waals surface area (Å²) in [6.45, 7) is 3.12. The molecule has 0 saturated heterocycles. The number of benzene rings is 3. The number of rotatable bonds is 12. The molecule has 0 fully saturated rings. The fraction of sp³-hybridized carbons (Fsp3) is 0.214. The first-order valence-corrected chi connectivity index (χ1v) is 13.0. The van der Waals surface area contributed by atoms with E-state index in [0.717, 1.165) is 22.4 Å². The topological polar surface area (TPSA) is 99.9 Å². The van der Waals surface area contributed by atoms with E-state index in [-0.39, 0.29) is 11.7 Å². The highest BCUT2D eigenvalue weighted by Gasteiger charge is 2.16. The van der Waals surface area contributed by atoms with Gasteiger partial charge in [0.05, 0.1) is 26.2 Å². The largest absolute Gasteiger partial charge is 0.493 e. The summed E-state index contributed by atoms with van der Waals surface area (Å²) in [5, 5.41) is 13.3. The van der Waals surface area contributed by atoms with E-state index < -0.39 is 0 Å². The maximum absolute atomic E-state index is 12.4. The number of amides is 1. The molecule has 9 nitrogen and oxygen atoms in total. The van der Waals surface area contributed by atoms with Crippen molar-refractivity contribution in [2.24, 2.45) is 5.10 Å². The van der Waals surface area contributed by atoms with E-state index in [1.54, 1.807) is 20.4 Å². The molecule has 1 amide bonds. The zero-order chi connectivity index (χ0) is 26.7. The summed E-state index contributed by atoms with van der Waals surface area (Å²) < 4.78 is 18.5. The van der Waals surface area contributed by atoms with Crippen LogP contribution in [0.4, 0.5) is 0 Å². The number of nitrogens with one attached hydrogen (secondary N) is 1. The number of carbonyl (C=O) groups excluding carboxylic acids is 1. The van der Waals surface area contributed by atoms with Crippen molar-refractivity contribution in [2.45, 2.75) is 25.2 Å². The standard InChI is InChI=1S/C28H29N5O4S/c1-4-33-27(22-13-14-24(35-2)25(16-22)36-3)31-32-28(33)38-19-26(34)30-29-17-21-11-8-12-23(15-21)37-18-20-9-6-5-7-10-20/h5-17H,4,18-19H2,1-3H3,(H,30,34). The van der Waals surface area contributed by atoms with Gasteiger partial charge in [-0.3, -0.25) is 4.79 Å². The highest BCUT2D eigenvalue weighted by atomic mass is 32.2. The Morgan fingerprint density at radius 2 is 1.82 bits per heavy atom. The monoisotopic (exact) mass is 531 g/mol. The lowest BCUT2D eigenvalue weighted by Crippen LogP contribution is -2.20. The van der Waals surface area contributed by atoms with E-state index in [4.69, 9.17) is 14.2 Å². The van der Waals surface area contributed by atoms with Crippen LogP contribution in [0.3, 0.4) is 0 Å². The van der Waals surface area contributed by atoms with Gasteiger partial charge in [0, 0.05) is 12.1 Å². The summed E-state index contributed by atoms with van der Waals surface area (Å²) in [6, 6.07) is 23.1. The Kier molecular flexibility index (Phi) is 9.36. The molecule has 10 heteroatoms. The van der Waals surface area contributed by atoms with Gasteiger partial charge in [-0.05, 0) is 48.4 Å². The molecule has 0 atom stereocenters. The Morgan fingerprint density at radius 3 is 2.58 bits per heavy atom. The van der Waals surface area contributed by atoms with Crippen LogP contribution in [0.5, 0.6) is 17.2 Å². The minimum Gasteiger partial charge on any atom is -0.493 e. The van der Waals surface area contributed by atoms with E-state index in [1.807, 2.05) is 84.3 Å². The smallest absolute Gasteiger partial charge is 0.250 e. The minimum absolute atomic E-state index is 0.141. The fourth-order valence-electron chi connectivity index (χ4n) is 3.64. The first-order valence-electron chi connectivity index (χ1n) is 12.0. The summed E-state index contributed by atoms with van der Waals surface area (Å²) in [5.41, 5.74) is 5.31. The van der Waals surface area contributed by atoms with Crippen LogP contribution in [0.25, 0.3) is 11.4 Å². The number of nitrogens with zero attached hydrogens (tertiary/aromatic N) is 4.